The Kier molecular flexibility index (Phi) is 5.46. The molecule has 0 aromatic heterocycles. The summed E-state index contributed by atoms with van der Waals surface area (Å²) in [6, 6.07) is 18.2. The zero-order valence-electron chi connectivity index (χ0n) is 11.0. The molecule has 0 bridgehead atoms. The molecule has 2 aromatic carbocycles. The zero-order valence-corrected chi connectivity index (χ0v) is 12.7. The van der Waals surface area contributed by atoms with Gasteiger partial charge in [0.1, 0.15) is 0 Å². The summed E-state index contributed by atoms with van der Waals surface area (Å²) in [7, 11) is 0. The van der Waals surface area contributed by atoms with Crippen LogP contribution in [0.2, 0.25) is 5.32 Å². The molecule has 0 amide bonds. The maximum absolute atomic E-state index is 9.92. The second-order valence-corrected chi connectivity index (χ2v) is 6.70. The van der Waals surface area contributed by atoms with Crippen LogP contribution in [0, 0.1) is 6.92 Å². The predicted molar refractivity (Wildman–Crippen MR) is 79.3 cm³/mol. The summed E-state index contributed by atoms with van der Waals surface area (Å²) in [4.78, 5) is 0. The Morgan fingerprint density at radius 3 is 2.42 bits per heavy atom. The molecule has 0 aliphatic carbocycles. The van der Waals surface area contributed by atoms with Gasteiger partial charge in [-0.15, -0.1) is 0 Å². The molecule has 100 valence electrons. The van der Waals surface area contributed by atoms with Gasteiger partial charge in [-0.25, -0.2) is 0 Å². The normalized spacial score (nSPS) is 12.1. The topological polar surface area (TPSA) is 29.5 Å². The molecule has 2 aromatic rings. The van der Waals surface area contributed by atoms with Crippen LogP contribution in [-0.4, -0.2) is 32.8 Å². The fourth-order valence-electron chi connectivity index (χ4n) is 1.58. The maximum atomic E-state index is 9.92. The van der Waals surface area contributed by atoms with Gasteiger partial charge in [0.05, 0.1) is 0 Å². The summed E-state index contributed by atoms with van der Waals surface area (Å²) in [6.07, 6.45) is -0.401. The number of benzene rings is 2. The van der Waals surface area contributed by atoms with Crippen LogP contribution in [0.25, 0.3) is 0 Å². The summed E-state index contributed by atoms with van der Waals surface area (Å²) >= 11 is 0.303. The minimum absolute atomic E-state index is 0.303. The van der Waals surface area contributed by atoms with Gasteiger partial charge < -0.3 is 0 Å². The third-order valence-corrected chi connectivity index (χ3v) is 5.08. The van der Waals surface area contributed by atoms with Gasteiger partial charge in [-0.3, -0.25) is 0 Å². The van der Waals surface area contributed by atoms with Gasteiger partial charge in [-0.2, -0.15) is 0 Å². The first kappa shape index (κ1) is 14.1. The van der Waals surface area contributed by atoms with Crippen LogP contribution in [-0.2, 0) is 0 Å². The van der Waals surface area contributed by atoms with Crippen molar-refractivity contribution in [3.63, 3.8) is 0 Å². The van der Waals surface area contributed by atoms with Crippen LogP contribution in [0.5, 0.6) is 5.75 Å². The van der Waals surface area contributed by atoms with Crippen molar-refractivity contribution in [1.82, 2.24) is 0 Å². The van der Waals surface area contributed by atoms with Crippen molar-refractivity contribution in [2.45, 2.75) is 18.3 Å². The van der Waals surface area contributed by atoms with Crippen molar-refractivity contribution in [3.8, 4) is 5.75 Å². The molecule has 0 fully saturated rings. The number of ether oxygens (including phenoxy) is 1. The first-order valence-corrected chi connectivity index (χ1v) is 8.36. The molecule has 3 heteroatoms. The van der Waals surface area contributed by atoms with Crippen LogP contribution in [0.1, 0.15) is 5.56 Å². The van der Waals surface area contributed by atoms with Crippen molar-refractivity contribution in [2.24, 2.45) is 0 Å². The molecule has 1 N–H and O–H groups in total. The van der Waals surface area contributed by atoms with Gasteiger partial charge in [-0.1, -0.05) is 0 Å². The van der Waals surface area contributed by atoms with E-state index in [2.05, 4.69) is 12.1 Å². The third-order valence-electron chi connectivity index (χ3n) is 2.65. The van der Waals surface area contributed by atoms with E-state index in [0.29, 0.717) is 21.6 Å². The van der Waals surface area contributed by atoms with Crippen molar-refractivity contribution in [3.05, 3.63) is 60.2 Å². The summed E-state index contributed by atoms with van der Waals surface area (Å²) in [5.41, 5.74) is 1.21. The summed E-state index contributed by atoms with van der Waals surface area (Å²) < 4.78 is 6.88. The predicted octanol–water partition coefficient (Wildman–Crippen LogP) is 2.18. The molecule has 1 unspecified atom stereocenters. The van der Waals surface area contributed by atoms with Gasteiger partial charge in [0.2, 0.25) is 0 Å². The molecule has 0 saturated carbocycles. The van der Waals surface area contributed by atoms with Crippen LogP contribution in [0.15, 0.2) is 54.6 Å². The molecule has 0 radical (unpaired) electrons. The Morgan fingerprint density at radius 1 is 1.05 bits per heavy atom. The summed E-state index contributed by atoms with van der Waals surface area (Å²) in [5.74, 6) is 0.817. The van der Waals surface area contributed by atoms with Crippen LogP contribution < -0.4 is 9.20 Å². The molecule has 0 saturated heterocycles. The van der Waals surface area contributed by atoms with E-state index < -0.39 is 6.10 Å². The van der Waals surface area contributed by atoms with Crippen molar-refractivity contribution >= 4 is 19.4 Å². The summed E-state index contributed by atoms with van der Waals surface area (Å²) in [6.45, 7) is 2.40. The second kappa shape index (κ2) is 7.34. The number of aliphatic hydroxyl groups is 1. The number of aryl methyl sites for hydroxylation is 1. The van der Waals surface area contributed by atoms with Crippen LogP contribution in [0.4, 0.5) is 0 Å². The average Bonchev–Trinajstić information content (AvgIpc) is 2.45. The van der Waals surface area contributed by atoms with E-state index in [1.165, 1.54) is 10.0 Å². The van der Waals surface area contributed by atoms with Crippen LogP contribution >= 0.6 is 0 Å². The van der Waals surface area contributed by atoms with E-state index >= 15 is 0 Å². The van der Waals surface area contributed by atoms with E-state index in [0.717, 1.165) is 11.1 Å². The molecule has 0 spiro atoms. The molecule has 0 aliphatic heterocycles. The van der Waals surface area contributed by atoms with E-state index in [4.69, 9.17) is 4.74 Å². The van der Waals surface area contributed by atoms with E-state index in [9.17, 15) is 5.11 Å². The van der Waals surface area contributed by atoms with Gasteiger partial charge in [-0.05, 0) is 0 Å². The quantitative estimate of drug-likeness (QED) is 0.827. The molecule has 2 nitrogen and oxygen atoms in total. The zero-order chi connectivity index (χ0) is 13.5. The Balaban J connectivity index is 1.72. The Hall–Kier alpha value is -1.28. The second-order valence-electron chi connectivity index (χ2n) is 4.40. The van der Waals surface area contributed by atoms with Gasteiger partial charge in [0.15, 0.2) is 0 Å². The van der Waals surface area contributed by atoms with E-state index in [1.807, 2.05) is 49.4 Å². The Labute approximate surface area is 120 Å². The minimum atomic E-state index is -0.401. The van der Waals surface area contributed by atoms with Gasteiger partial charge in [0, 0.05) is 0 Å². The summed E-state index contributed by atoms with van der Waals surface area (Å²) in [5, 5.41) is 10.7. The number of hydrogen-bond donors (Lipinski definition) is 1. The van der Waals surface area contributed by atoms with E-state index in [-0.39, 0.29) is 0 Å². The molecular formula is C16H18O2Se. The molecule has 2 rings (SSSR count). The standard InChI is InChI=1S/C16H18O2Se/c1-13-7-9-15(10-8-13)18-11-14(17)12-19-16-5-3-2-4-6-16/h2-10,14,17H,11-12H2,1H3. The van der Waals surface area contributed by atoms with Crippen molar-refractivity contribution in [1.29, 1.82) is 0 Å². The van der Waals surface area contributed by atoms with Crippen molar-refractivity contribution in [2.75, 3.05) is 6.61 Å². The number of aliphatic hydroxyl groups excluding tert-OH is 1. The SMILES string of the molecule is Cc1ccc(OCC(O)C[Se]c2ccccc2)cc1. The van der Waals surface area contributed by atoms with Crippen LogP contribution in [0.3, 0.4) is 0 Å². The number of hydrogen-bond acceptors (Lipinski definition) is 2. The molecule has 0 heterocycles. The van der Waals surface area contributed by atoms with Gasteiger partial charge in [0.25, 0.3) is 0 Å². The monoisotopic (exact) mass is 322 g/mol. The average molecular weight is 321 g/mol. The first-order chi connectivity index (χ1) is 9.24. The van der Waals surface area contributed by atoms with Crippen molar-refractivity contribution < 1.29 is 9.84 Å². The van der Waals surface area contributed by atoms with Gasteiger partial charge >= 0.3 is 120 Å². The fourth-order valence-corrected chi connectivity index (χ4v) is 3.33. The third kappa shape index (κ3) is 5.07. The Bertz CT molecular complexity index is 482. The number of rotatable bonds is 6. The fraction of sp³-hybridized carbons (Fsp3) is 0.250. The first-order valence-electron chi connectivity index (χ1n) is 6.29. The Morgan fingerprint density at radius 2 is 1.74 bits per heavy atom. The molecule has 19 heavy (non-hydrogen) atoms. The molecule has 1 atom stereocenters. The molecular weight excluding hydrogens is 303 g/mol. The molecule has 0 aliphatic rings. The van der Waals surface area contributed by atoms with E-state index in [1.54, 1.807) is 0 Å².